The molecule has 3 aromatic heterocycles. The number of β-amino-alcohol motifs (C(OH)–C–C–N with tert-alkyl or cyclic N) is 1. The number of aliphatic hydroxyl groups is 2. The van der Waals surface area contributed by atoms with Gasteiger partial charge in [0.2, 0.25) is 5.95 Å². The normalized spacial score (nSPS) is 27.6. The highest BCUT2D eigenvalue weighted by molar-refractivity contribution is 5.92. The Labute approximate surface area is 236 Å². The van der Waals surface area contributed by atoms with Gasteiger partial charge < -0.3 is 29.6 Å². The van der Waals surface area contributed by atoms with Crippen LogP contribution in [0.15, 0.2) is 18.5 Å². The molecule has 4 aromatic rings. The number of piperidine rings is 1. The standard InChI is InChI=1S/C29H36FN7O4/c1-16-5-6-18(14-41-16)27-32-21-11-19(10-20(30)25(21)33-27)24-26-28(37(15-31-26)23-4-2-3-9-40-23)35-29(34-24)36-8-7-17(13-38)22(39)12-36/h10-11,15-18,22-23,38-39H,2-9,12-14H2,1H3,(H,32,33)/t16-,17-,18-,22+,23?/m1/s1. The second-order valence-electron chi connectivity index (χ2n) is 11.7. The van der Waals surface area contributed by atoms with Crippen molar-refractivity contribution in [2.75, 3.05) is 37.8 Å². The summed E-state index contributed by atoms with van der Waals surface area (Å²) in [6, 6.07) is 3.33. The fourth-order valence-electron chi connectivity index (χ4n) is 6.30. The number of aliphatic hydroxyl groups excluding tert-OH is 2. The SMILES string of the molecule is C[C@@H]1CC[C@@H](c2nc3c(F)cc(-c4nc(N5CC[C@H](CO)[C@@H](O)C5)nc5c4ncn5C4CCCCO4)cc3[nH]2)CO1. The van der Waals surface area contributed by atoms with Gasteiger partial charge in [-0.1, -0.05) is 0 Å². The smallest absolute Gasteiger partial charge is 0.228 e. The van der Waals surface area contributed by atoms with Gasteiger partial charge in [0.05, 0.1) is 30.7 Å². The number of hydrogen-bond donors (Lipinski definition) is 3. The first-order valence-electron chi connectivity index (χ1n) is 14.7. The van der Waals surface area contributed by atoms with Gasteiger partial charge >= 0.3 is 0 Å². The van der Waals surface area contributed by atoms with E-state index in [1.807, 2.05) is 15.5 Å². The van der Waals surface area contributed by atoms with Crippen LogP contribution in [-0.2, 0) is 9.47 Å². The first-order chi connectivity index (χ1) is 20.0. The van der Waals surface area contributed by atoms with E-state index < -0.39 is 11.9 Å². The molecule has 0 saturated carbocycles. The van der Waals surface area contributed by atoms with Gasteiger partial charge in [-0.15, -0.1) is 0 Å². The van der Waals surface area contributed by atoms with E-state index in [2.05, 4.69) is 21.9 Å². The minimum atomic E-state index is -0.702. The van der Waals surface area contributed by atoms with Crippen LogP contribution in [0.4, 0.5) is 10.3 Å². The highest BCUT2D eigenvalue weighted by Gasteiger charge is 2.31. The predicted octanol–water partition coefficient (Wildman–Crippen LogP) is 3.67. The van der Waals surface area contributed by atoms with E-state index in [4.69, 9.17) is 19.4 Å². The van der Waals surface area contributed by atoms with Crippen molar-refractivity contribution < 1.29 is 24.1 Å². The molecule has 3 N–H and O–H groups in total. The Morgan fingerprint density at radius 1 is 1.07 bits per heavy atom. The fourth-order valence-corrected chi connectivity index (χ4v) is 6.30. The van der Waals surface area contributed by atoms with Crippen molar-refractivity contribution in [1.29, 1.82) is 0 Å². The van der Waals surface area contributed by atoms with Gasteiger partial charge in [0.15, 0.2) is 11.5 Å². The third kappa shape index (κ3) is 4.96. The Bertz CT molecular complexity index is 1540. The third-order valence-electron chi connectivity index (χ3n) is 8.84. The van der Waals surface area contributed by atoms with Crippen molar-refractivity contribution in [2.45, 2.75) is 69.8 Å². The summed E-state index contributed by atoms with van der Waals surface area (Å²) >= 11 is 0. The lowest BCUT2D eigenvalue weighted by molar-refractivity contribution is -0.0298. The molecule has 7 rings (SSSR count). The molecular formula is C29H36FN7O4. The molecule has 1 unspecified atom stereocenters. The zero-order valence-corrected chi connectivity index (χ0v) is 23.2. The van der Waals surface area contributed by atoms with Crippen molar-refractivity contribution in [3.63, 3.8) is 0 Å². The number of fused-ring (bicyclic) bond motifs is 2. The summed E-state index contributed by atoms with van der Waals surface area (Å²) in [6.07, 6.45) is 6.46. The number of ether oxygens (including phenoxy) is 2. The van der Waals surface area contributed by atoms with E-state index in [1.165, 1.54) is 6.07 Å². The lowest BCUT2D eigenvalue weighted by Crippen LogP contribution is -2.45. The summed E-state index contributed by atoms with van der Waals surface area (Å²) in [5.41, 5.74) is 3.12. The summed E-state index contributed by atoms with van der Waals surface area (Å²) < 4.78 is 29.4. The van der Waals surface area contributed by atoms with Gasteiger partial charge in [-0.3, -0.25) is 4.57 Å². The van der Waals surface area contributed by atoms with Crippen molar-refractivity contribution in [2.24, 2.45) is 5.92 Å². The molecule has 0 aliphatic carbocycles. The van der Waals surface area contributed by atoms with Gasteiger partial charge in [0, 0.05) is 43.7 Å². The first kappa shape index (κ1) is 26.7. The van der Waals surface area contributed by atoms with E-state index in [0.29, 0.717) is 72.1 Å². The van der Waals surface area contributed by atoms with Crippen LogP contribution >= 0.6 is 0 Å². The molecule has 12 heteroatoms. The predicted molar refractivity (Wildman–Crippen MR) is 150 cm³/mol. The minimum Gasteiger partial charge on any atom is -0.396 e. The highest BCUT2D eigenvalue weighted by atomic mass is 19.1. The van der Waals surface area contributed by atoms with Gasteiger partial charge in [-0.05, 0) is 57.6 Å². The summed E-state index contributed by atoms with van der Waals surface area (Å²) in [6.45, 7) is 4.11. The molecule has 218 valence electrons. The second-order valence-corrected chi connectivity index (χ2v) is 11.7. The molecule has 41 heavy (non-hydrogen) atoms. The molecule has 1 aromatic carbocycles. The summed E-state index contributed by atoms with van der Waals surface area (Å²) in [4.78, 5) is 24.3. The van der Waals surface area contributed by atoms with Crippen LogP contribution in [0.2, 0.25) is 0 Å². The van der Waals surface area contributed by atoms with Gasteiger partial charge in [0.25, 0.3) is 0 Å². The van der Waals surface area contributed by atoms with Crippen LogP contribution in [-0.4, -0.2) is 84.8 Å². The van der Waals surface area contributed by atoms with Crippen LogP contribution in [0.3, 0.4) is 0 Å². The van der Waals surface area contributed by atoms with E-state index in [-0.39, 0.29) is 30.8 Å². The van der Waals surface area contributed by atoms with Crippen LogP contribution < -0.4 is 4.90 Å². The molecule has 0 bridgehead atoms. The number of aromatic nitrogens is 6. The number of aromatic amines is 1. The molecule has 3 saturated heterocycles. The van der Waals surface area contributed by atoms with Crippen molar-refractivity contribution in [1.82, 2.24) is 29.5 Å². The molecule has 0 spiro atoms. The molecule has 5 atom stereocenters. The Balaban J connectivity index is 1.32. The minimum absolute atomic E-state index is 0.0661. The van der Waals surface area contributed by atoms with Crippen molar-refractivity contribution >= 4 is 28.1 Å². The highest BCUT2D eigenvalue weighted by Crippen LogP contribution is 2.35. The maximum Gasteiger partial charge on any atom is 0.228 e. The topological polar surface area (TPSA) is 134 Å². The number of halogens is 1. The number of anilines is 1. The molecule has 3 fully saturated rings. The number of hydrogen-bond acceptors (Lipinski definition) is 9. The van der Waals surface area contributed by atoms with E-state index in [9.17, 15) is 10.2 Å². The zero-order chi connectivity index (χ0) is 28.1. The molecular weight excluding hydrogens is 529 g/mol. The van der Waals surface area contributed by atoms with Crippen LogP contribution in [0.1, 0.15) is 63.4 Å². The Hall–Kier alpha value is -3.19. The number of rotatable bonds is 5. The third-order valence-corrected chi connectivity index (χ3v) is 8.84. The van der Waals surface area contributed by atoms with Crippen molar-refractivity contribution in [3.8, 4) is 11.3 Å². The van der Waals surface area contributed by atoms with Gasteiger partial charge in [0.1, 0.15) is 28.8 Å². The second kappa shape index (κ2) is 10.9. The summed E-state index contributed by atoms with van der Waals surface area (Å²) in [7, 11) is 0. The Morgan fingerprint density at radius 3 is 2.73 bits per heavy atom. The Kier molecular flexibility index (Phi) is 7.10. The van der Waals surface area contributed by atoms with E-state index in [1.54, 1.807) is 6.33 Å². The number of H-pyrrole nitrogens is 1. The van der Waals surface area contributed by atoms with Crippen LogP contribution in [0.5, 0.6) is 0 Å². The molecule has 3 aliphatic rings. The Morgan fingerprint density at radius 2 is 1.98 bits per heavy atom. The average Bonchev–Trinajstić information content (AvgIpc) is 3.62. The number of nitrogens with one attached hydrogen (secondary N) is 1. The quantitative estimate of drug-likeness (QED) is 0.331. The van der Waals surface area contributed by atoms with E-state index in [0.717, 1.165) is 37.9 Å². The lowest BCUT2D eigenvalue weighted by Gasteiger charge is -2.35. The molecule has 6 heterocycles. The fraction of sp³-hybridized carbons (Fsp3) is 0.586. The summed E-state index contributed by atoms with van der Waals surface area (Å²) in [5, 5.41) is 20.3. The zero-order valence-electron chi connectivity index (χ0n) is 23.2. The maximum absolute atomic E-state index is 15.6. The first-order valence-corrected chi connectivity index (χ1v) is 14.7. The lowest BCUT2D eigenvalue weighted by atomic mass is 9.95. The molecule has 0 radical (unpaired) electrons. The van der Waals surface area contributed by atoms with Gasteiger partial charge in [-0.25, -0.2) is 19.3 Å². The monoisotopic (exact) mass is 565 g/mol. The molecule has 0 amide bonds. The van der Waals surface area contributed by atoms with Crippen molar-refractivity contribution in [3.05, 3.63) is 30.1 Å². The number of imidazole rings is 2. The van der Waals surface area contributed by atoms with E-state index >= 15 is 4.39 Å². The van der Waals surface area contributed by atoms with Gasteiger partial charge in [-0.2, -0.15) is 4.98 Å². The molecule has 11 nitrogen and oxygen atoms in total. The van der Waals surface area contributed by atoms with Crippen LogP contribution in [0.25, 0.3) is 33.5 Å². The maximum atomic E-state index is 15.6. The number of benzene rings is 1. The summed E-state index contributed by atoms with van der Waals surface area (Å²) in [5.74, 6) is 0.640. The largest absolute Gasteiger partial charge is 0.396 e. The van der Waals surface area contributed by atoms with Crippen LogP contribution in [0, 0.1) is 11.7 Å². The average molecular weight is 566 g/mol. The molecule has 3 aliphatic heterocycles. The number of nitrogens with zero attached hydrogens (tertiary/aromatic N) is 6.